The van der Waals surface area contributed by atoms with Gasteiger partial charge in [-0.1, -0.05) is 45.4 Å². The molecule has 0 aliphatic rings. The van der Waals surface area contributed by atoms with Gasteiger partial charge in [-0.3, -0.25) is 0 Å². The molecule has 0 bridgehead atoms. The van der Waals surface area contributed by atoms with Crippen molar-refractivity contribution < 1.29 is 0 Å². The maximum atomic E-state index is 3.24. The summed E-state index contributed by atoms with van der Waals surface area (Å²) in [6.07, 6.45) is 13.1. The van der Waals surface area contributed by atoms with Gasteiger partial charge in [-0.25, -0.2) is 0 Å². The predicted molar refractivity (Wildman–Crippen MR) is 67.2 cm³/mol. The molecule has 0 radical (unpaired) electrons. The van der Waals surface area contributed by atoms with Crippen LogP contribution in [-0.2, 0) is 6.42 Å². The minimum atomic E-state index is 1.25. The molecule has 1 N–H and O–H groups in total. The molecular formula is C14H25N. The van der Waals surface area contributed by atoms with Crippen LogP contribution in [0.25, 0.3) is 0 Å². The van der Waals surface area contributed by atoms with E-state index in [1.165, 1.54) is 62.6 Å². The van der Waals surface area contributed by atoms with E-state index in [-0.39, 0.29) is 0 Å². The van der Waals surface area contributed by atoms with Crippen LogP contribution in [0.4, 0.5) is 0 Å². The third-order valence-corrected chi connectivity index (χ3v) is 3.12. The van der Waals surface area contributed by atoms with Gasteiger partial charge in [0.15, 0.2) is 0 Å². The van der Waals surface area contributed by atoms with E-state index < -0.39 is 0 Å². The summed E-state index contributed by atoms with van der Waals surface area (Å²) >= 11 is 0. The minimum Gasteiger partial charge on any atom is -0.365 e. The van der Waals surface area contributed by atoms with Crippen molar-refractivity contribution in [2.45, 2.75) is 65.2 Å². The Morgan fingerprint density at radius 2 is 1.67 bits per heavy atom. The highest BCUT2D eigenvalue weighted by molar-refractivity contribution is 5.18. The number of aromatic amines is 1. The summed E-state index contributed by atoms with van der Waals surface area (Å²) in [7, 11) is 0. The quantitative estimate of drug-likeness (QED) is 0.599. The molecule has 0 aliphatic heterocycles. The Morgan fingerprint density at radius 3 is 2.27 bits per heavy atom. The zero-order chi connectivity index (χ0) is 10.9. The van der Waals surface area contributed by atoms with Crippen molar-refractivity contribution in [3.05, 3.63) is 23.5 Å². The van der Waals surface area contributed by atoms with Crippen molar-refractivity contribution in [3.63, 3.8) is 0 Å². The van der Waals surface area contributed by atoms with E-state index in [4.69, 9.17) is 0 Å². The topological polar surface area (TPSA) is 15.8 Å². The van der Waals surface area contributed by atoms with Crippen molar-refractivity contribution >= 4 is 0 Å². The summed E-state index contributed by atoms with van der Waals surface area (Å²) in [5, 5.41) is 0. The molecule has 1 rings (SSSR count). The molecule has 0 fully saturated rings. The second kappa shape index (κ2) is 7.56. The van der Waals surface area contributed by atoms with Gasteiger partial charge in [-0.15, -0.1) is 0 Å². The molecule has 1 heteroatoms. The van der Waals surface area contributed by atoms with Gasteiger partial charge in [0.05, 0.1) is 0 Å². The average molecular weight is 207 g/mol. The lowest BCUT2D eigenvalue weighted by Crippen LogP contribution is -1.87. The third kappa shape index (κ3) is 5.06. The lowest BCUT2D eigenvalue weighted by atomic mass is 10.1. The Hall–Kier alpha value is -0.720. The molecule has 0 aromatic carbocycles. The zero-order valence-electron chi connectivity index (χ0n) is 10.3. The van der Waals surface area contributed by atoms with Gasteiger partial charge in [0, 0.05) is 11.9 Å². The third-order valence-electron chi connectivity index (χ3n) is 3.12. The Kier molecular flexibility index (Phi) is 6.22. The summed E-state index contributed by atoms with van der Waals surface area (Å²) in [6, 6.07) is 2.21. The molecule has 0 amide bonds. The Labute approximate surface area is 94.3 Å². The van der Waals surface area contributed by atoms with Crippen molar-refractivity contribution in [2.24, 2.45) is 0 Å². The van der Waals surface area contributed by atoms with E-state index in [1.807, 2.05) is 6.20 Å². The lowest BCUT2D eigenvalue weighted by Gasteiger charge is -2.01. The van der Waals surface area contributed by atoms with E-state index in [0.717, 1.165) is 0 Å². The molecule has 1 nitrogen and oxygen atoms in total. The van der Waals surface area contributed by atoms with E-state index in [0.29, 0.717) is 0 Å². The van der Waals surface area contributed by atoms with E-state index in [9.17, 15) is 0 Å². The summed E-state index contributed by atoms with van der Waals surface area (Å²) in [5.41, 5.74) is 2.85. The maximum Gasteiger partial charge on any atom is 0.0148 e. The first kappa shape index (κ1) is 12.4. The smallest absolute Gasteiger partial charge is 0.0148 e. The Balaban J connectivity index is 1.96. The minimum absolute atomic E-state index is 1.25. The molecule has 1 heterocycles. The first-order valence-corrected chi connectivity index (χ1v) is 6.47. The number of nitrogens with one attached hydrogen (secondary N) is 1. The Bertz CT molecular complexity index is 250. The van der Waals surface area contributed by atoms with Crippen LogP contribution in [0.5, 0.6) is 0 Å². The summed E-state index contributed by atoms with van der Waals surface area (Å²) in [5.74, 6) is 0. The first-order chi connectivity index (χ1) is 7.34. The molecule has 1 aromatic rings. The van der Waals surface area contributed by atoms with E-state index in [2.05, 4.69) is 24.9 Å². The number of aromatic nitrogens is 1. The van der Waals surface area contributed by atoms with Crippen LogP contribution >= 0.6 is 0 Å². The summed E-state index contributed by atoms with van der Waals surface area (Å²) < 4.78 is 0. The molecule has 1 aromatic heterocycles. The average Bonchev–Trinajstić information content (AvgIpc) is 2.63. The van der Waals surface area contributed by atoms with Crippen molar-refractivity contribution in [2.75, 3.05) is 0 Å². The van der Waals surface area contributed by atoms with Crippen molar-refractivity contribution in [1.29, 1.82) is 0 Å². The van der Waals surface area contributed by atoms with Crippen LogP contribution < -0.4 is 0 Å². The number of H-pyrrole nitrogens is 1. The maximum absolute atomic E-state index is 3.24. The van der Waals surface area contributed by atoms with Crippen LogP contribution in [0.1, 0.15) is 63.1 Å². The van der Waals surface area contributed by atoms with Crippen molar-refractivity contribution in [3.8, 4) is 0 Å². The number of hydrogen-bond donors (Lipinski definition) is 1. The standard InChI is InChI=1S/C14H25N/c1-3-4-5-6-7-8-9-10-14-11-12-15-13(14)2/h11-12,15H,3-10H2,1-2H3. The molecule has 15 heavy (non-hydrogen) atoms. The van der Waals surface area contributed by atoms with Gasteiger partial charge in [0.25, 0.3) is 0 Å². The SMILES string of the molecule is CCCCCCCCCc1cc[nH]c1C. The highest BCUT2D eigenvalue weighted by Crippen LogP contribution is 2.12. The van der Waals surface area contributed by atoms with Crippen LogP contribution in [0.15, 0.2) is 12.3 Å². The summed E-state index contributed by atoms with van der Waals surface area (Å²) in [6.45, 7) is 4.44. The second-order valence-electron chi connectivity index (χ2n) is 4.50. The fourth-order valence-corrected chi connectivity index (χ4v) is 2.03. The number of aryl methyl sites for hydroxylation is 2. The number of rotatable bonds is 8. The molecule has 0 atom stereocenters. The molecule has 0 spiro atoms. The van der Waals surface area contributed by atoms with Gasteiger partial charge < -0.3 is 4.98 Å². The Morgan fingerprint density at radius 1 is 1.00 bits per heavy atom. The zero-order valence-corrected chi connectivity index (χ0v) is 10.3. The van der Waals surface area contributed by atoms with Crippen LogP contribution in [-0.4, -0.2) is 4.98 Å². The van der Waals surface area contributed by atoms with Gasteiger partial charge in [0.2, 0.25) is 0 Å². The van der Waals surface area contributed by atoms with Gasteiger partial charge in [-0.05, 0) is 31.4 Å². The van der Waals surface area contributed by atoms with E-state index in [1.54, 1.807) is 0 Å². The van der Waals surface area contributed by atoms with Crippen LogP contribution in [0, 0.1) is 6.92 Å². The monoisotopic (exact) mass is 207 g/mol. The summed E-state index contributed by atoms with van der Waals surface area (Å²) in [4.78, 5) is 3.24. The fraction of sp³-hybridized carbons (Fsp3) is 0.714. The highest BCUT2D eigenvalue weighted by Gasteiger charge is 1.98. The normalized spacial score (nSPS) is 10.8. The van der Waals surface area contributed by atoms with Crippen molar-refractivity contribution in [1.82, 2.24) is 4.98 Å². The van der Waals surface area contributed by atoms with Crippen LogP contribution in [0.3, 0.4) is 0 Å². The van der Waals surface area contributed by atoms with Gasteiger partial charge in [0.1, 0.15) is 0 Å². The number of hydrogen-bond acceptors (Lipinski definition) is 0. The molecule has 0 aliphatic carbocycles. The molecule has 0 unspecified atom stereocenters. The van der Waals surface area contributed by atoms with E-state index >= 15 is 0 Å². The fourth-order valence-electron chi connectivity index (χ4n) is 2.03. The predicted octanol–water partition coefficient (Wildman–Crippen LogP) is 4.62. The molecular weight excluding hydrogens is 182 g/mol. The first-order valence-electron chi connectivity index (χ1n) is 6.47. The second-order valence-corrected chi connectivity index (χ2v) is 4.50. The molecule has 86 valence electrons. The van der Waals surface area contributed by atoms with Gasteiger partial charge >= 0.3 is 0 Å². The number of unbranched alkanes of at least 4 members (excludes halogenated alkanes) is 6. The molecule has 0 saturated carbocycles. The largest absolute Gasteiger partial charge is 0.365 e. The molecule has 0 saturated heterocycles. The van der Waals surface area contributed by atoms with Crippen LogP contribution in [0.2, 0.25) is 0 Å². The lowest BCUT2D eigenvalue weighted by molar-refractivity contribution is 0.589. The highest BCUT2D eigenvalue weighted by atomic mass is 14.7. The van der Waals surface area contributed by atoms with Gasteiger partial charge in [-0.2, -0.15) is 0 Å².